The fourth-order valence-electron chi connectivity index (χ4n) is 4.21. The summed E-state index contributed by atoms with van der Waals surface area (Å²) < 4.78 is 5.79. The van der Waals surface area contributed by atoms with Gasteiger partial charge in [0.25, 0.3) is 11.7 Å². The van der Waals surface area contributed by atoms with E-state index in [4.69, 9.17) is 4.74 Å². The molecule has 1 aliphatic rings. The SMILES string of the molecule is CCCOc1cccc(C2C(=C(O)c3ccccc3)C(=O)C(=O)N2CCCN(CC)CC)c1. The van der Waals surface area contributed by atoms with Gasteiger partial charge in [0.15, 0.2) is 0 Å². The maximum Gasteiger partial charge on any atom is 0.295 e. The summed E-state index contributed by atoms with van der Waals surface area (Å²) in [7, 11) is 0. The molecule has 0 spiro atoms. The van der Waals surface area contributed by atoms with Crippen LogP contribution in [0.1, 0.15) is 50.8 Å². The van der Waals surface area contributed by atoms with Crippen molar-refractivity contribution in [2.24, 2.45) is 0 Å². The molecule has 6 heteroatoms. The highest BCUT2D eigenvalue weighted by Crippen LogP contribution is 2.40. The molecular formula is C27H34N2O4. The fraction of sp³-hybridized carbons (Fsp3) is 0.407. The Labute approximate surface area is 196 Å². The van der Waals surface area contributed by atoms with Crippen LogP contribution in [0.15, 0.2) is 60.2 Å². The molecule has 176 valence electrons. The molecule has 2 aromatic carbocycles. The number of nitrogens with zero attached hydrogens (tertiary/aromatic N) is 2. The van der Waals surface area contributed by atoms with Crippen LogP contribution >= 0.6 is 0 Å². The van der Waals surface area contributed by atoms with Gasteiger partial charge in [0.2, 0.25) is 0 Å². The number of ether oxygens (including phenoxy) is 1. The van der Waals surface area contributed by atoms with Crippen molar-refractivity contribution in [1.29, 1.82) is 0 Å². The molecule has 1 aliphatic heterocycles. The molecule has 0 radical (unpaired) electrons. The number of carbonyl (C=O) groups is 2. The van der Waals surface area contributed by atoms with E-state index in [0.29, 0.717) is 24.5 Å². The Morgan fingerprint density at radius 3 is 2.42 bits per heavy atom. The van der Waals surface area contributed by atoms with E-state index in [1.54, 1.807) is 29.2 Å². The molecule has 1 amide bonds. The Morgan fingerprint density at radius 1 is 1.03 bits per heavy atom. The van der Waals surface area contributed by atoms with Crippen molar-refractivity contribution in [3.8, 4) is 5.75 Å². The number of rotatable bonds is 11. The predicted molar refractivity (Wildman–Crippen MR) is 130 cm³/mol. The van der Waals surface area contributed by atoms with Crippen LogP contribution in [0.2, 0.25) is 0 Å². The van der Waals surface area contributed by atoms with Crippen molar-refractivity contribution < 1.29 is 19.4 Å². The summed E-state index contributed by atoms with van der Waals surface area (Å²) in [5.41, 5.74) is 1.40. The smallest absolute Gasteiger partial charge is 0.295 e. The lowest BCUT2D eigenvalue weighted by atomic mass is 9.95. The minimum Gasteiger partial charge on any atom is -0.507 e. The van der Waals surface area contributed by atoms with Gasteiger partial charge in [-0.05, 0) is 50.2 Å². The van der Waals surface area contributed by atoms with Crippen LogP contribution in [0.25, 0.3) is 5.76 Å². The number of ketones is 1. The minimum absolute atomic E-state index is 0.127. The van der Waals surface area contributed by atoms with Crippen molar-refractivity contribution in [2.75, 3.05) is 32.8 Å². The molecule has 1 heterocycles. The number of hydrogen-bond donors (Lipinski definition) is 1. The molecule has 0 saturated carbocycles. The first-order chi connectivity index (χ1) is 16.0. The molecule has 6 nitrogen and oxygen atoms in total. The Morgan fingerprint density at radius 2 is 1.76 bits per heavy atom. The first kappa shape index (κ1) is 24.5. The summed E-state index contributed by atoms with van der Waals surface area (Å²) in [6.07, 6.45) is 1.62. The molecular weight excluding hydrogens is 416 g/mol. The van der Waals surface area contributed by atoms with Crippen molar-refractivity contribution in [3.63, 3.8) is 0 Å². The van der Waals surface area contributed by atoms with Crippen molar-refractivity contribution >= 4 is 17.4 Å². The molecule has 1 unspecified atom stereocenters. The van der Waals surface area contributed by atoms with Crippen LogP contribution in [0.3, 0.4) is 0 Å². The van der Waals surface area contributed by atoms with Crippen molar-refractivity contribution in [3.05, 3.63) is 71.3 Å². The number of amides is 1. The predicted octanol–water partition coefficient (Wildman–Crippen LogP) is 4.63. The molecule has 1 N–H and O–H groups in total. The van der Waals surface area contributed by atoms with Crippen LogP contribution in [0.4, 0.5) is 0 Å². The van der Waals surface area contributed by atoms with E-state index in [1.807, 2.05) is 37.3 Å². The maximum atomic E-state index is 13.1. The number of aliphatic hydroxyl groups excluding tert-OH is 1. The number of hydrogen-bond acceptors (Lipinski definition) is 5. The second kappa shape index (κ2) is 11.7. The zero-order chi connectivity index (χ0) is 23.8. The third kappa shape index (κ3) is 5.63. The average molecular weight is 451 g/mol. The number of likely N-dealkylation sites (tertiary alicyclic amines) is 1. The van der Waals surface area contributed by atoms with Gasteiger partial charge in [-0.2, -0.15) is 0 Å². The van der Waals surface area contributed by atoms with E-state index in [2.05, 4.69) is 18.7 Å². The van der Waals surface area contributed by atoms with Crippen molar-refractivity contribution in [1.82, 2.24) is 9.80 Å². The summed E-state index contributed by atoms with van der Waals surface area (Å²) in [6.45, 7) is 9.96. The largest absolute Gasteiger partial charge is 0.507 e. The fourth-order valence-corrected chi connectivity index (χ4v) is 4.21. The van der Waals surface area contributed by atoms with Crippen LogP contribution in [-0.2, 0) is 9.59 Å². The highest BCUT2D eigenvalue weighted by atomic mass is 16.5. The van der Waals surface area contributed by atoms with E-state index in [-0.39, 0.29) is 11.3 Å². The number of carbonyl (C=O) groups excluding carboxylic acids is 2. The number of aliphatic hydroxyl groups is 1. The number of Topliss-reactive ketones (excluding diaryl/α,β-unsaturated/α-hetero) is 1. The lowest BCUT2D eigenvalue weighted by Gasteiger charge is -2.27. The molecule has 0 aromatic heterocycles. The monoisotopic (exact) mass is 450 g/mol. The first-order valence-electron chi connectivity index (χ1n) is 11.8. The van der Waals surface area contributed by atoms with Crippen molar-refractivity contribution in [2.45, 2.75) is 39.7 Å². The van der Waals surface area contributed by atoms with Gasteiger partial charge in [0, 0.05) is 12.1 Å². The van der Waals surface area contributed by atoms with Gasteiger partial charge in [0.1, 0.15) is 11.5 Å². The second-order valence-electron chi connectivity index (χ2n) is 8.16. The highest BCUT2D eigenvalue weighted by molar-refractivity contribution is 6.46. The standard InChI is InChI=1S/C27H34N2O4/c1-4-18-33-22-15-10-14-21(19-22)24-23(25(30)20-12-8-7-9-13-20)26(31)27(32)29(24)17-11-16-28(5-2)6-3/h7-10,12-15,19,24,30H,4-6,11,16-18H2,1-3H3. The zero-order valence-electron chi connectivity index (χ0n) is 19.8. The summed E-state index contributed by atoms with van der Waals surface area (Å²) in [6, 6.07) is 15.7. The van der Waals surface area contributed by atoms with Gasteiger partial charge in [0.05, 0.1) is 18.2 Å². The van der Waals surface area contributed by atoms with E-state index in [0.717, 1.165) is 38.0 Å². The van der Waals surface area contributed by atoms with Gasteiger partial charge >= 0.3 is 0 Å². The molecule has 3 rings (SSSR count). The molecule has 0 aliphatic carbocycles. The van der Waals surface area contributed by atoms with Gasteiger partial charge in [-0.1, -0.05) is 63.2 Å². The van der Waals surface area contributed by atoms with E-state index in [9.17, 15) is 14.7 Å². The quantitative estimate of drug-likeness (QED) is 0.307. The minimum atomic E-state index is -0.660. The topological polar surface area (TPSA) is 70.1 Å². The summed E-state index contributed by atoms with van der Waals surface area (Å²) >= 11 is 0. The normalized spacial score (nSPS) is 17.7. The van der Waals surface area contributed by atoms with Crippen LogP contribution in [0, 0.1) is 0 Å². The summed E-state index contributed by atoms with van der Waals surface area (Å²) in [5, 5.41) is 11.1. The van der Waals surface area contributed by atoms with E-state index < -0.39 is 17.7 Å². The Balaban J connectivity index is 2.01. The van der Waals surface area contributed by atoms with Gasteiger partial charge in [-0.3, -0.25) is 9.59 Å². The summed E-state index contributed by atoms with van der Waals surface area (Å²) in [5.74, 6) is -0.686. The Hall–Kier alpha value is -3.12. The molecule has 0 bridgehead atoms. The van der Waals surface area contributed by atoms with Crippen LogP contribution in [-0.4, -0.2) is 59.4 Å². The molecule has 1 atom stereocenters. The Bertz CT molecular complexity index is 983. The summed E-state index contributed by atoms with van der Waals surface area (Å²) in [4.78, 5) is 30.1. The number of benzene rings is 2. The zero-order valence-corrected chi connectivity index (χ0v) is 19.8. The third-order valence-corrected chi connectivity index (χ3v) is 6.00. The average Bonchev–Trinajstić information content (AvgIpc) is 3.10. The van der Waals surface area contributed by atoms with E-state index in [1.165, 1.54) is 0 Å². The third-order valence-electron chi connectivity index (χ3n) is 6.00. The molecule has 33 heavy (non-hydrogen) atoms. The Kier molecular flexibility index (Phi) is 8.66. The lowest BCUT2D eigenvalue weighted by Crippen LogP contribution is -2.33. The molecule has 2 aromatic rings. The maximum absolute atomic E-state index is 13.1. The van der Waals surface area contributed by atoms with Gasteiger partial charge in [-0.25, -0.2) is 0 Å². The lowest BCUT2D eigenvalue weighted by molar-refractivity contribution is -0.140. The first-order valence-corrected chi connectivity index (χ1v) is 11.8. The van der Waals surface area contributed by atoms with E-state index >= 15 is 0 Å². The second-order valence-corrected chi connectivity index (χ2v) is 8.16. The molecule has 1 fully saturated rings. The van der Waals surface area contributed by atoms with Gasteiger partial charge in [-0.15, -0.1) is 0 Å². The van der Waals surface area contributed by atoms with Crippen LogP contribution < -0.4 is 4.74 Å². The van der Waals surface area contributed by atoms with Gasteiger partial charge < -0.3 is 19.6 Å². The highest BCUT2D eigenvalue weighted by Gasteiger charge is 2.45. The van der Waals surface area contributed by atoms with Crippen LogP contribution in [0.5, 0.6) is 5.75 Å². The molecule has 1 saturated heterocycles.